The van der Waals surface area contributed by atoms with Crippen molar-refractivity contribution in [2.45, 2.75) is 19.6 Å². The summed E-state index contributed by atoms with van der Waals surface area (Å²) in [6.45, 7) is 2.35. The minimum Gasteiger partial charge on any atom is -0.290 e. The zero-order valence-electron chi connectivity index (χ0n) is 23.6. The van der Waals surface area contributed by atoms with Crippen LogP contribution in [0.15, 0.2) is 109 Å². The number of anilines is 2. The molecule has 7 rings (SSSR count). The van der Waals surface area contributed by atoms with Gasteiger partial charge in [0.25, 0.3) is 5.91 Å². The molecule has 0 radical (unpaired) electrons. The summed E-state index contributed by atoms with van der Waals surface area (Å²) in [6, 6.07) is 28.9. The number of amides is 1. The fourth-order valence-corrected chi connectivity index (χ4v) is 5.64. The lowest BCUT2D eigenvalue weighted by atomic mass is 9.95. The van der Waals surface area contributed by atoms with Crippen molar-refractivity contribution in [2.75, 3.05) is 11.6 Å². The molecule has 8 nitrogen and oxygen atoms in total. The number of pyridine rings is 1. The summed E-state index contributed by atoms with van der Waals surface area (Å²) in [6.07, 6.45) is 1.55. The molecule has 10 heteroatoms. The monoisotopic (exact) mass is 587 g/mol. The Labute approximate surface area is 252 Å². The average Bonchev–Trinajstić information content (AvgIpc) is 3.52. The number of fused-ring (bicyclic) bond motifs is 2. The highest BCUT2D eigenvalue weighted by Crippen LogP contribution is 2.33. The van der Waals surface area contributed by atoms with E-state index in [0.29, 0.717) is 59.7 Å². The molecule has 2 aromatic heterocycles. The van der Waals surface area contributed by atoms with Crippen LogP contribution in [0.1, 0.15) is 21.7 Å². The van der Waals surface area contributed by atoms with Crippen LogP contribution in [0.5, 0.6) is 0 Å². The molecule has 0 atom stereocenters. The Morgan fingerprint density at radius 2 is 1.55 bits per heavy atom. The minimum absolute atomic E-state index is 0.336. The van der Waals surface area contributed by atoms with Crippen LogP contribution in [0.25, 0.3) is 22.2 Å². The molecule has 0 aliphatic carbocycles. The molecule has 0 spiro atoms. The SMILES string of the molecule is O=C(NN(c1cccc(F)c1)c1cccc(F)c1)c1c(CN2CCn3ncnc3C2)c(-c2ccccc2)nc2ccccc12. The van der Waals surface area contributed by atoms with Crippen molar-refractivity contribution < 1.29 is 13.6 Å². The third-order valence-electron chi connectivity index (χ3n) is 7.68. The molecule has 1 amide bonds. The Morgan fingerprint density at radius 1 is 0.841 bits per heavy atom. The normalized spacial score (nSPS) is 13.0. The molecule has 44 heavy (non-hydrogen) atoms. The number of hydrazine groups is 1. The van der Waals surface area contributed by atoms with E-state index in [-0.39, 0.29) is 0 Å². The predicted molar refractivity (Wildman–Crippen MR) is 164 cm³/mol. The standard InChI is InChI=1S/C34H27F2N7O/c35-24-10-6-12-26(18-24)43(27-13-7-11-25(36)19-27)40-34(44)32-28-14-4-5-15-30(28)39-33(23-8-2-1-3-9-23)29(32)20-41-16-17-42-31(21-41)37-22-38-42/h1-15,18-19,22H,16-17,20-21H2,(H,40,44). The molecule has 1 aliphatic heterocycles. The van der Waals surface area contributed by atoms with E-state index in [9.17, 15) is 13.6 Å². The lowest BCUT2D eigenvalue weighted by Crippen LogP contribution is -2.40. The largest absolute Gasteiger partial charge is 0.290 e. The number of nitrogens with zero attached hydrogens (tertiary/aromatic N) is 6. The third kappa shape index (κ3) is 5.38. The van der Waals surface area contributed by atoms with Gasteiger partial charge in [-0.15, -0.1) is 0 Å². The summed E-state index contributed by atoms with van der Waals surface area (Å²) in [4.78, 5) is 26.3. The minimum atomic E-state index is -0.488. The summed E-state index contributed by atoms with van der Waals surface area (Å²) in [5.74, 6) is -0.569. The van der Waals surface area contributed by atoms with Crippen molar-refractivity contribution >= 4 is 28.2 Å². The Bertz CT molecular complexity index is 1930. The second-order valence-corrected chi connectivity index (χ2v) is 10.5. The van der Waals surface area contributed by atoms with Gasteiger partial charge in [0.2, 0.25) is 0 Å². The molecule has 0 saturated heterocycles. The van der Waals surface area contributed by atoms with Crippen molar-refractivity contribution in [3.63, 3.8) is 0 Å². The number of nitrogens with one attached hydrogen (secondary N) is 1. The van der Waals surface area contributed by atoms with E-state index in [2.05, 4.69) is 20.4 Å². The molecule has 0 saturated carbocycles. The number of carbonyl (C=O) groups excluding carboxylic acids is 1. The molecule has 1 aliphatic rings. The molecular formula is C34H27F2N7O. The maximum atomic E-state index is 14.6. The van der Waals surface area contributed by atoms with Crippen LogP contribution < -0.4 is 10.4 Å². The van der Waals surface area contributed by atoms with Crippen LogP contribution in [0.4, 0.5) is 20.2 Å². The van der Waals surface area contributed by atoms with Gasteiger partial charge in [0.15, 0.2) is 0 Å². The van der Waals surface area contributed by atoms with Crippen LogP contribution in [-0.2, 0) is 19.6 Å². The maximum absolute atomic E-state index is 14.6. The number of para-hydroxylation sites is 1. The van der Waals surface area contributed by atoms with Gasteiger partial charge in [0, 0.05) is 29.6 Å². The summed E-state index contributed by atoms with van der Waals surface area (Å²) in [5.41, 5.74) is 7.01. The molecule has 0 fully saturated rings. The summed E-state index contributed by atoms with van der Waals surface area (Å²) in [5, 5.41) is 6.36. The summed E-state index contributed by atoms with van der Waals surface area (Å²) in [7, 11) is 0. The van der Waals surface area contributed by atoms with E-state index in [1.54, 1.807) is 30.6 Å². The maximum Gasteiger partial charge on any atom is 0.271 e. The summed E-state index contributed by atoms with van der Waals surface area (Å²) < 4.78 is 30.7. The van der Waals surface area contributed by atoms with E-state index in [4.69, 9.17) is 4.98 Å². The van der Waals surface area contributed by atoms with E-state index >= 15 is 0 Å². The van der Waals surface area contributed by atoms with Crippen LogP contribution in [-0.4, -0.2) is 37.1 Å². The van der Waals surface area contributed by atoms with Crippen molar-refractivity contribution in [1.29, 1.82) is 0 Å². The van der Waals surface area contributed by atoms with E-state index in [0.717, 1.165) is 17.0 Å². The van der Waals surface area contributed by atoms with Crippen LogP contribution in [0, 0.1) is 11.6 Å². The van der Waals surface area contributed by atoms with Gasteiger partial charge >= 0.3 is 0 Å². The topological polar surface area (TPSA) is 79.2 Å². The molecular weight excluding hydrogens is 560 g/mol. The third-order valence-corrected chi connectivity index (χ3v) is 7.68. The van der Waals surface area contributed by atoms with E-state index in [1.807, 2.05) is 59.3 Å². The van der Waals surface area contributed by atoms with Gasteiger partial charge in [-0.2, -0.15) is 5.10 Å². The van der Waals surface area contributed by atoms with Crippen molar-refractivity contribution in [1.82, 2.24) is 30.1 Å². The van der Waals surface area contributed by atoms with Gasteiger partial charge < -0.3 is 0 Å². The molecule has 218 valence electrons. The van der Waals surface area contributed by atoms with Gasteiger partial charge in [-0.05, 0) is 42.5 Å². The lowest BCUT2D eigenvalue weighted by Gasteiger charge is -2.30. The number of aromatic nitrogens is 4. The number of halogens is 2. The average molecular weight is 588 g/mol. The van der Waals surface area contributed by atoms with Gasteiger partial charge in [0.1, 0.15) is 23.8 Å². The Morgan fingerprint density at radius 3 is 2.27 bits per heavy atom. The fraction of sp³-hybridized carbons (Fsp3) is 0.118. The van der Waals surface area contributed by atoms with Gasteiger partial charge in [-0.25, -0.2) is 23.4 Å². The summed E-state index contributed by atoms with van der Waals surface area (Å²) >= 11 is 0. The molecule has 6 aromatic rings. The first-order chi connectivity index (χ1) is 21.5. The van der Waals surface area contributed by atoms with Gasteiger partial charge in [-0.1, -0.05) is 60.7 Å². The lowest BCUT2D eigenvalue weighted by molar-refractivity contribution is 0.0952. The molecule has 0 bridgehead atoms. The first-order valence-electron chi connectivity index (χ1n) is 14.2. The highest BCUT2D eigenvalue weighted by Gasteiger charge is 2.27. The predicted octanol–water partition coefficient (Wildman–Crippen LogP) is 6.27. The van der Waals surface area contributed by atoms with Crippen molar-refractivity contribution in [2.24, 2.45) is 0 Å². The van der Waals surface area contributed by atoms with Crippen LogP contribution >= 0.6 is 0 Å². The highest BCUT2D eigenvalue weighted by atomic mass is 19.1. The molecule has 1 N–H and O–H groups in total. The number of hydrogen-bond donors (Lipinski definition) is 1. The number of hydrogen-bond acceptors (Lipinski definition) is 6. The zero-order valence-corrected chi connectivity index (χ0v) is 23.6. The van der Waals surface area contributed by atoms with Gasteiger partial charge in [-0.3, -0.25) is 20.1 Å². The Hall–Kier alpha value is -5.48. The molecule has 0 unspecified atom stereocenters. The quantitative estimate of drug-likeness (QED) is 0.222. The van der Waals surface area contributed by atoms with E-state index < -0.39 is 17.5 Å². The van der Waals surface area contributed by atoms with Crippen molar-refractivity contribution in [3.05, 3.63) is 138 Å². The van der Waals surface area contributed by atoms with Crippen LogP contribution in [0.2, 0.25) is 0 Å². The smallest absolute Gasteiger partial charge is 0.271 e. The van der Waals surface area contributed by atoms with Crippen LogP contribution in [0.3, 0.4) is 0 Å². The highest BCUT2D eigenvalue weighted by molar-refractivity contribution is 6.09. The Kier molecular flexibility index (Phi) is 7.25. The number of benzene rings is 4. The van der Waals surface area contributed by atoms with Gasteiger partial charge in [0.05, 0.1) is 41.2 Å². The first-order valence-corrected chi connectivity index (χ1v) is 14.2. The Balaban J connectivity index is 1.38. The first kappa shape index (κ1) is 27.4. The molecule has 4 aromatic carbocycles. The number of carbonyl (C=O) groups is 1. The number of rotatable bonds is 7. The molecule has 3 heterocycles. The second kappa shape index (κ2) is 11.7. The zero-order chi connectivity index (χ0) is 30.0. The second-order valence-electron chi connectivity index (χ2n) is 10.5. The van der Waals surface area contributed by atoms with E-state index in [1.165, 1.54) is 29.3 Å². The van der Waals surface area contributed by atoms with Crippen molar-refractivity contribution in [3.8, 4) is 11.3 Å². The fourth-order valence-electron chi connectivity index (χ4n) is 5.64.